The van der Waals surface area contributed by atoms with E-state index >= 15 is 0 Å². The molecule has 1 aromatic heterocycles. The molecule has 0 aliphatic heterocycles. The summed E-state index contributed by atoms with van der Waals surface area (Å²) in [5, 5.41) is 4.51. The number of methoxy groups -OCH3 is 1. The van der Waals surface area contributed by atoms with E-state index in [1.54, 1.807) is 14.0 Å². The molecule has 0 saturated heterocycles. The lowest BCUT2D eigenvalue weighted by Crippen LogP contribution is -2.23. The number of rotatable bonds is 9. The van der Waals surface area contributed by atoms with Gasteiger partial charge in [-0.05, 0) is 37.6 Å². The summed E-state index contributed by atoms with van der Waals surface area (Å²) in [5.41, 5.74) is 1.04. The van der Waals surface area contributed by atoms with Crippen LogP contribution in [0.5, 0.6) is 11.5 Å². The lowest BCUT2D eigenvalue weighted by Gasteiger charge is -2.21. The monoisotopic (exact) mass is 367 g/mol. The van der Waals surface area contributed by atoms with E-state index < -0.39 is 0 Å². The minimum absolute atomic E-state index is 0.0749. The van der Waals surface area contributed by atoms with Gasteiger partial charge in [-0.3, -0.25) is 4.90 Å². The van der Waals surface area contributed by atoms with Crippen molar-refractivity contribution in [1.29, 1.82) is 0 Å². The van der Waals surface area contributed by atoms with E-state index in [-0.39, 0.29) is 6.10 Å². The average molecular weight is 368 g/mol. The van der Waals surface area contributed by atoms with Gasteiger partial charge in [0, 0.05) is 13.5 Å². The molecular formula is C18H26ClN3O3. The Morgan fingerprint density at radius 2 is 2.04 bits per heavy atom. The van der Waals surface area contributed by atoms with Crippen LogP contribution < -0.4 is 9.47 Å². The predicted octanol–water partition coefficient (Wildman–Crippen LogP) is 4.24. The van der Waals surface area contributed by atoms with E-state index in [0.29, 0.717) is 41.3 Å². The fourth-order valence-corrected chi connectivity index (χ4v) is 2.68. The Hall–Kier alpha value is -1.79. The highest BCUT2D eigenvalue weighted by molar-refractivity contribution is 6.32. The van der Waals surface area contributed by atoms with Gasteiger partial charge in [0.15, 0.2) is 17.3 Å². The fourth-order valence-electron chi connectivity index (χ4n) is 2.41. The Bertz CT molecular complexity index is 690. The zero-order chi connectivity index (χ0) is 18.4. The predicted molar refractivity (Wildman–Crippen MR) is 97.2 cm³/mol. The Kier molecular flexibility index (Phi) is 7.08. The van der Waals surface area contributed by atoms with Crippen LogP contribution in [0.2, 0.25) is 5.02 Å². The van der Waals surface area contributed by atoms with Crippen molar-refractivity contribution in [2.24, 2.45) is 0 Å². The number of ether oxygens (including phenoxy) is 2. The molecule has 138 valence electrons. The summed E-state index contributed by atoms with van der Waals surface area (Å²) in [5.74, 6) is 2.49. The van der Waals surface area contributed by atoms with Crippen molar-refractivity contribution in [1.82, 2.24) is 15.0 Å². The van der Waals surface area contributed by atoms with Crippen molar-refractivity contribution in [3.05, 3.63) is 34.4 Å². The first-order valence-corrected chi connectivity index (χ1v) is 8.89. The van der Waals surface area contributed by atoms with Crippen LogP contribution in [-0.4, -0.2) is 34.8 Å². The molecule has 0 saturated carbocycles. The summed E-state index contributed by atoms with van der Waals surface area (Å²) < 4.78 is 16.4. The zero-order valence-electron chi connectivity index (χ0n) is 15.5. The Morgan fingerprint density at radius 1 is 1.28 bits per heavy atom. The topological polar surface area (TPSA) is 60.6 Å². The first-order valence-electron chi connectivity index (χ1n) is 8.51. The second-order valence-corrected chi connectivity index (χ2v) is 6.39. The van der Waals surface area contributed by atoms with E-state index in [1.165, 1.54) is 0 Å². The van der Waals surface area contributed by atoms with Gasteiger partial charge in [-0.2, -0.15) is 4.98 Å². The molecule has 25 heavy (non-hydrogen) atoms. The van der Waals surface area contributed by atoms with Crippen molar-refractivity contribution < 1.29 is 14.0 Å². The fraction of sp³-hybridized carbons (Fsp3) is 0.556. The van der Waals surface area contributed by atoms with Gasteiger partial charge in [0.2, 0.25) is 5.89 Å². The number of aryl methyl sites for hydroxylation is 1. The number of nitrogens with zero attached hydrogens (tertiary/aromatic N) is 3. The maximum Gasteiger partial charge on any atom is 0.223 e. The Labute approximate surface area is 154 Å². The van der Waals surface area contributed by atoms with E-state index in [0.717, 1.165) is 18.5 Å². The van der Waals surface area contributed by atoms with Gasteiger partial charge in [0.1, 0.15) is 0 Å². The summed E-state index contributed by atoms with van der Waals surface area (Å²) in [6, 6.07) is 3.89. The van der Waals surface area contributed by atoms with Crippen LogP contribution in [0.15, 0.2) is 16.7 Å². The van der Waals surface area contributed by atoms with Crippen molar-refractivity contribution >= 4 is 11.6 Å². The SMILES string of the molecule is CC[C@@H](C)Oc1c(Cl)cc(CN(CC)Cc2noc(C)n2)cc1OC. The Morgan fingerprint density at radius 3 is 2.60 bits per heavy atom. The van der Waals surface area contributed by atoms with Gasteiger partial charge < -0.3 is 14.0 Å². The molecule has 2 rings (SSSR count). The van der Waals surface area contributed by atoms with Gasteiger partial charge in [-0.1, -0.05) is 30.6 Å². The second kappa shape index (κ2) is 9.06. The van der Waals surface area contributed by atoms with Crippen molar-refractivity contribution in [3.8, 4) is 11.5 Å². The molecule has 0 spiro atoms. The van der Waals surface area contributed by atoms with E-state index in [4.69, 9.17) is 25.6 Å². The molecule has 0 unspecified atom stereocenters. The molecule has 0 amide bonds. The van der Waals surface area contributed by atoms with Crippen LogP contribution in [0, 0.1) is 6.92 Å². The molecule has 0 aliphatic carbocycles. The molecule has 6 nitrogen and oxygen atoms in total. The van der Waals surface area contributed by atoms with Crippen molar-refractivity contribution in [2.75, 3.05) is 13.7 Å². The summed E-state index contributed by atoms with van der Waals surface area (Å²) in [6.07, 6.45) is 0.973. The molecule has 2 aromatic rings. The maximum atomic E-state index is 6.44. The summed E-state index contributed by atoms with van der Waals surface area (Å²) in [4.78, 5) is 6.46. The van der Waals surface area contributed by atoms with Gasteiger partial charge in [-0.15, -0.1) is 0 Å². The number of hydrogen-bond acceptors (Lipinski definition) is 6. The first-order chi connectivity index (χ1) is 12.0. The highest BCUT2D eigenvalue weighted by atomic mass is 35.5. The van der Waals surface area contributed by atoms with Crippen LogP contribution in [0.3, 0.4) is 0 Å². The van der Waals surface area contributed by atoms with Gasteiger partial charge in [-0.25, -0.2) is 0 Å². The van der Waals surface area contributed by atoms with Crippen LogP contribution in [-0.2, 0) is 13.1 Å². The average Bonchev–Trinajstić information content (AvgIpc) is 3.00. The molecule has 0 fully saturated rings. The standard InChI is InChI=1S/C18H26ClN3O3/c1-6-12(3)24-18-15(19)8-14(9-16(18)23-5)10-22(7-2)11-17-20-13(4)25-21-17/h8-9,12H,6-7,10-11H2,1-5H3/t12-/m1/s1. The molecule has 0 radical (unpaired) electrons. The van der Waals surface area contributed by atoms with Gasteiger partial charge >= 0.3 is 0 Å². The molecule has 1 aromatic carbocycles. The van der Waals surface area contributed by atoms with Gasteiger partial charge in [0.05, 0.1) is 24.8 Å². The van der Waals surface area contributed by atoms with Crippen LogP contribution in [0.4, 0.5) is 0 Å². The van der Waals surface area contributed by atoms with Crippen LogP contribution in [0.25, 0.3) is 0 Å². The van der Waals surface area contributed by atoms with Crippen LogP contribution in [0.1, 0.15) is 44.5 Å². The highest BCUT2D eigenvalue weighted by Crippen LogP contribution is 2.37. The first kappa shape index (κ1) is 19.5. The lowest BCUT2D eigenvalue weighted by molar-refractivity contribution is 0.207. The molecule has 7 heteroatoms. The maximum absolute atomic E-state index is 6.44. The van der Waals surface area contributed by atoms with Gasteiger partial charge in [0.25, 0.3) is 0 Å². The normalized spacial score (nSPS) is 12.4. The summed E-state index contributed by atoms with van der Waals surface area (Å²) in [7, 11) is 1.62. The molecule has 0 aliphatic rings. The quantitative estimate of drug-likeness (QED) is 0.660. The molecule has 1 heterocycles. The number of hydrogen-bond donors (Lipinski definition) is 0. The van der Waals surface area contributed by atoms with E-state index in [9.17, 15) is 0 Å². The van der Waals surface area contributed by atoms with Crippen molar-refractivity contribution in [3.63, 3.8) is 0 Å². The highest BCUT2D eigenvalue weighted by Gasteiger charge is 2.16. The number of benzene rings is 1. The Balaban J connectivity index is 2.16. The molecule has 0 N–H and O–H groups in total. The minimum Gasteiger partial charge on any atom is -0.493 e. The van der Waals surface area contributed by atoms with Crippen LogP contribution >= 0.6 is 11.6 Å². The summed E-state index contributed by atoms with van der Waals surface area (Å²) in [6.45, 7) is 10.1. The van der Waals surface area contributed by atoms with E-state index in [1.807, 2.05) is 19.1 Å². The second-order valence-electron chi connectivity index (χ2n) is 5.98. The van der Waals surface area contributed by atoms with E-state index in [2.05, 4.69) is 28.9 Å². The minimum atomic E-state index is 0.0749. The molecule has 1 atom stereocenters. The smallest absolute Gasteiger partial charge is 0.223 e. The summed E-state index contributed by atoms with van der Waals surface area (Å²) >= 11 is 6.44. The zero-order valence-corrected chi connectivity index (χ0v) is 16.3. The third-order valence-electron chi connectivity index (χ3n) is 3.97. The van der Waals surface area contributed by atoms with Crippen molar-refractivity contribution in [2.45, 2.75) is 53.3 Å². The third-order valence-corrected chi connectivity index (χ3v) is 4.25. The molecule has 0 bridgehead atoms. The largest absolute Gasteiger partial charge is 0.493 e. The lowest BCUT2D eigenvalue weighted by atomic mass is 10.1. The number of aromatic nitrogens is 2. The molecular weight excluding hydrogens is 342 g/mol. The third kappa shape index (κ3) is 5.34. The number of halogens is 1.